The van der Waals surface area contributed by atoms with Crippen molar-refractivity contribution in [1.29, 1.82) is 0 Å². The van der Waals surface area contributed by atoms with E-state index in [2.05, 4.69) is 5.32 Å². The second-order valence-corrected chi connectivity index (χ2v) is 5.66. The van der Waals surface area contributed by atoms with Crippen molar-refractivity contribution >= 4 is 11.9 Å². The van der Waals surface area contributed by atoms with E-state index in [0.29, 0.717) is 0 Å². The monoisotopic (exact) mass is 308 g/mol. The van der Waals surface area contributed by atoms with Gasteiger partial charge in [-0.25, -0.2) is 4.79 Å². The van der Waals surface area contributed by atoms with Crippen LogP contribution >= 0.6 is 0 Å². The summed E-state index contributed by atoms with van der Waals surface area (Å²) in [6, 6.07) is 4.92. The molecule has 4 N–H and O–H groups in total. The van der Waals surface area contributed by atoms with Crippen molar-refractivity contribution < 1.29 is 19.4 Å². The standard InChI is InChI=1S/C16H24N2O4/c1-9(2)13(17)15(20)18-14(16(21)22-4)10(3)11-5-7-12(19)8-6-11/h5-10,13-14,19H,17H2,1-4H3,(H,18,20)/t10-,13-,14-/m1/s1. The van der Waals surface area contributed by atoms with Crippen molar-refractivity contribution in [2.75, 3.05) is 7.11 Å². The molecular weight excluding hydrogens is 284 g/mol. The molecule has 0 saturated heterocycles. The van der Waals surface area contributed by atoms with Crippen molar-refractivity contribution in [1.82, 2.24) is 5.32 Å². The maximum absolute atomic E-state index is 12.1. The molecule has 0 fully saturated rings. The number of esters is 1. The first-order chi connectivity index (χ1) is 10.3. The Morgan fingerprint density at radius 1 is 1.18 bits per heavy atom. The zero-order valence-corrected chi connectivity index (χ0v) is 13.4. The molecule has 122 valence electrons. The van der Waals surface area contributed by atoms with Gasteiger partial charge < -0.3 is 20.9 Å². The van der Waals surface area contributed by atoms with Crippen LogP contribution in [-0.4, -0.2) is 36.2 Å². The van der Waals surface area contributed by atoms with E-state index in [9.17, 15) is 14.7 Å². The highest BCUT2D eigenvalue weighted by molar-refractivity contribution is 5.88. The summed E-state index contributed by atoms with van der Waals surface area (Å²) in [5, 5.41) is 12.0. The number of amides is 1. The molecule has 0 spiro atoms. The summed E-state index contributed by atoms with van der Waals surface area (Å²) in [6.45, 7) is 5.47. The first-order valence-electron chi connectivity index (χ1n) is 7.20. The van der Waals surface area contributed by atoms with Gasteiger partial charge in [-0.2, -0.15) is 0 Å². The average molecular weight is 308 g/mol. The summed E-state index contributed by atoms with van der Waals surface area (Å²) in [4.78, 5) is 24.1. The van der Waals surface area contributed by atoms with Gasteiger partial charge in [0.05, 0.1) is 13.2 Å². The molecule has 0 radical (unpaired) electrons. The highest BCUT2D eigenvalue weighted by Gasteiger charge is 2.31. The molecule has 1 aromatic carbocycles. The molecular formula is C16H24N2O4. The molecule has 6 heteroatoms. The van der Waals surface area contributed by atoms with Crippen molar-refractivity contribution in [3.63, 3.8) is 0 Å². The number of nitrogens with two attached hydrogens (primary N) is 1. The topological polar surface area (TPSA) is 102 Å². The van der Waals surface area contributed by atoms with Crippen molar-refractivity contribution in [2.24, 2.45) is 11.7 Å². The SMILES string of the molecule is COC(=O)[C@H](NC(=O)[C@H](N)C(C)C)[C@H](C)c1ccc(O)cc1. The quantitative estimate of drug-likeness (QED) is 0.684. The molecule has 0 aliphatic carbocycles. The van der Waals surface area contributed by atoms with Gasteiger partial charge in [0.1, 0.15) is 11.8 Å². The molecule has 1 amide bonds. The molecule has 6 nitrogen and oxygen atoms in total. The van der Waals surface area contributed by atoms with E-state index in [1.165, 1.54) is 19.2 Å². The van der Waals surface area contributed by atoms with Crippen molar-refractivity contribution in [3.05, 3.63) is 29.8 Å². The lowest BCUT2D eigenvalue weighted by atomic mass is 9.92. The number of hydrogen-bond acceptors (Lipinski definition) is 5. The number of hydrogen-bond donors (Lipinski definition) is 3. The van der Waals surface area contributed by atoms with Gasteiger partial charge in [-0.15, -0.1) is 0 Å². The van der Waals surface area contributed by atoms with E-state index >= 15 is 0 Å². The van der Waals surface area contributed by atoms with E-state index in [1.54, 1.807) is 19.1 Å². The third-order valence-corrected chi connectivity index (χ3v) is 3.69. The number of aromatic hydroxyl groups is 1. The minimum Gasteiger partial charge on any atom is -0.508 e. The van der Waals surface area contributed by atoms with E-state index in [4.69, 9.17) is 10.5 Å². The summed E-state index contributed by atoms with van der Waals surface area (Å²) in [6.07, 6.45) is 0. The van der Waals surface area contributed by atoms with Crippen LogP contribution in [-0.2, 0) is 14.3 Å². The molecule has 22 heavy (non-hydrogen) atoms. The van der Waals surface area contributed by atoms with Gasteiger partial charge in [0, 0.05) is 5.92 Å². The number of carbonyl (C=O) groups excluding carboxylic acids is 2. The van der Waals surface area contributed by atoms with Gasteiger partial charge >= 0.3 is 5.97 Å². The third kappa shape index (κ3) is 4.46. The number of benzene rings is 1. The Labute approximate surface area is 130 Å². The van der Waals surface area contributed by atoms with Gasteiger partial charge in [-0.05, 0) is 23.6 Å². The van der Waals surface area contributed by atoms with Gasteiger partial charge in [0.15, 0.2) is 0 Å². The van der Waals surface area contributed by atoms with E-state index in [1.807, 2.05) is 13.8 Å². The van der Waals surface area contributed by atoms with Crippen LogP contribution in [0.4, 0.5) is 0 Å². The normalized spacial score (nSPS) is 15.0. The van der Waals surface area contributed by atoms with Crippen LogP contribution in [0.25, 0.3) is 0 Å². The summed E-state index contributed by atoms with van der Waals surface area (Å²) < 4.78 is 4.78. The van der Waals surface area contributed by atoms with Gasteiger partial charge in [-0.1, -0.05) is 32.9 Å². The Hall–Kier alpha value is -2.08. The lowest BCUT2D eigenvalue weighted by molar-refractivity contribution is -0.146. The maximum atomic E-state index is 12.1. The summed E-state index contributed by atoms with van der Waals surface area (Å²) in [5.41, 5.74) is 6.61. The summed E-state index contributed by atoms with van der Waals surface area (Å²) >= 11 is 0. The van der Waals surface area contributed by atoms with Crippen LogP contribution in [0.3, 0.4) is 0 Å². The van der Waals surface area contributed by atoms with E-state index in [0.717, 1.165) is 5.56 Å². The molecule has 0 aliphatic rings. The van der Waals surface area contributed by atoms with Crippen LogP contribution in [0.5, 0.6) is 5.75 Å². The molecule has 0 saturated carbocycles. The Morgan fingerprint density at radius 2 is 1.73 bits per heavy atom. The smallest absolute Gasteiger partial charge is 0.328 e. The van der Waals surface area contributed by atoms with E-state index < -0.39 is 24.0 Å². The Bertz CT molecular complexity index is 513. The third-order valence-electron chi connectivity index (χ3n) is 3.69. The second-order valence-electron chi connectivity index (χ2n) is 5.66. The zero-order chi connectivity index (χ0) is 16.9. The number of ether oxygens (including phenoxy) is 1. The molecule has 0 heterocycles. The van der Waals surface area contributed by atoms with Crippen LogP contribution < -0.4 is 11.1 Å². The maximum Gasteiger partial charge on any atom is 0.328 e. The fraction of sp³-hybridized carbons (Fsp3) is 0.500. The van der Waals surface area contributed by atoms with Crippen LogP contribution in [0.1, 0.15) is 32.3 Å². The number of methoxy groups -OCH3 is 1. The predicted octanol–water partition coefficient (Wildman–Crippen LogP) is 1.14. The molecule has 0 bridgehead atoms. The summed E-state index contributed by atoms with van der Waals surface area (Å²) in [7, 11) is 1.27. The van der Waals surface area contributed by atoms with E-state index in [-0.39, 0.29) is 17.6 Å². The Balaban J connectivity index is 2.95. The molecule has 0 aliphatic heterocycles. The Kier molecular flexibility index (Phi) is 6.37. The molecule has 3 atom stereocenters. The summed E-state index contributed by atoms with van der Waals surface area (Å²) in [5.74, 6) is -1.16. The minimum absolute atomic E-state index is 0.0396. The van der Waals surface area contributed by atoms with Gasteiger partial charge in [0.25, 0.3) is 0 Å². The highest BCUT2D eigenvalue weighted by Crippen LogP contribution is 2.22. The number of phenolic OH excluding ortho intramolecular Hbond substituents is 1. The zero-order valence-electron chi connectivity index (χ0n) is 13.4. The lowest BCUT2D eigenvalue weighted by Crippen LogP contribution is -2.52. The van der Waals surface area contributed by atoms with Crippen molar-refractivity contribution in [3.8, 4) is 5.75 Å². The molecule has 1 aromatic rings. The first-order valence-corrected chi connectivity index (χ1v) is 7.20. The number of carbonyl (C=O) groups is 2. The number of rotatable bonds is 6. The predicted molar refractivity (Wildman–Crippen MR) is 83.3 cm³/mol. The average Bonchev–Trinajstić information content (AvgIpc) is 2.50. The molecule has 0 unspecified atom stereocenters. The highest BCUT2D eigenvalue weighted by atomic mass is 16.5. The lowest BCUT2D eigenvalue weighted by Gasteiger charge is -2.25. The van der Waals surface area contributed by atoms with Crippen LogP contribution in [0.2, 0.25) is 0 Å². The molecule has 1 rings (SSSR count). The fourth-order valence-corrected chi connectivity index (χ4v) is 2.04. The van der Waals surface area contributed by atoms with Crippen molar-refractivity contribution in [2.45, 2.75) is 38.8 Å². The number of nitrogens with one attached hydrogen (secondary N) is 1. The van der Waals surface area contributed by atoms with Crippen LogP contribution in [0, 0.1) is 5.92 Å². The largest absolute Gasteiger partial charge is 0.508 e. The molecule has 0 aromatic heterocycles. The minimum atomic E-state index is -0.841. The van der Waals surface area contributed by atoms with Gasteiger partial charge in [-0.3, -0.25) is 4.79 Å². The fourth-order valence-electron chi connectivity index (χ4n) is 2.04. The first kappa shape index (κ1) is 18.0. The second kappa shape index (κ2) is 7.79. The number of phenols is 1. The van der Waals surface area contributed by atoms with Crippen LogP contribution in [0.15, 0.2) is 24.3 Å². The van der Waals surface area contributed by atoms with Gasteiger partial charge in [0.2, 0.25) is 5.91 Å². The Morgan fingerprint density at radius 3 is 2.18 bits per heavy atom.